The van der Waals surface area contributed by atoms with Gasteiger partial charge in [-0.2, -0.15) is 0 Å². The van der Waals surface area contributed by atoms with E-state index in [1.165, 1.54) is 5.56 Å². The zero-order chi connectivity index (χ0) is 29.9. The minimum atomic E-state index is -0.0994. The van der Waals surface area contributed by atoms with Crippen LogP contribution in [0.3, 0.4) is 0 Å². The smallest absolute Gasteiger partial charge is 0.254 e. The number of amides is 2. The topological polar surface area (TPSA) is 45.6 Å². The molecule has 6 heteroatoms. The number of halogens is 1. The van der Waals surface area contributed by atoms with Gasteiger partial charge in [-0.3, -0.25) is 9.59 Å². The van der Waals surface area contributed by atoms with E-state index in [2.05, 4.69) is 77.8 Å². The number of hydrogen-bond acceptors (Lipinski definition) is 2. The minimum Gasteiger partial charge on any atom is -0.345 e. The summed E-state index contributed by atoms with van der Waals surface area (Å²) in [6.07, 6.45) is 4.82. The summed E-state index contributed by atoms with van der Waals surface area (Å²) in [7, 11) is 0. The van der Waals surface area contributed by atoms with Gasteiger partial charge in [-0.1, -0.05) is 97.7 Å². The van der Waals surface area contributed by atoms with E-state index in [1.54, 1.807) is 4.90 Å². The highest BCUT2D eigenvalue weighted by Gasteiger charge is 2.23. The first-order valence-electron chi connectivity index (χ1n) is 14.9. The molecule has 3 aromatic carbocycles. The number of hydrogen-bond donors (Lipinski definition) is 0. The van der Waals surface area contributed by atoms with Crippen LogP contribution in [0.4, 0.5) is 0 Å². The van der Waals surface area contributed by atoms with Gasteiger partial charge in [0, 0.05) is 41.6 Å². The zero-order valence-corrected chi connectivity index (χ0v) is 26.6. The van der Waals surface area contributed by atoms with Crippen molar-refractivity contribution in [3.63, 3.8) is 0 Å². The molecule has 220 valence electrons. The largest absolute Gasteiger partial charge is 0.345 e. The molecule has 0 bridgehead atoms. The molecule has 0 atom stereocenters. The number of unbranched alkanes of at least 4 members (excludes halogenated alkanes) is 1. The van der Waals surface area contributed by atoms with Crippen LogP contribution in [0.2, 0.25) is 0 Å². The Morgan fingerprint density at radius 2 is 1.50 bits per heavy atom. The number of aromatic nitrogens is 1. The number of benzene rings is 3. The first-order valence-corrected chi connectivity index (χ1v) is 15.7. The van der Waals surface area contributed by atoms with Crippen molar-refractivity contribution < 1.29 is 9.59 Å². The average Bonchev–Trinajstić information content (AvgIpc) is 3.44. The number of carbonyl (C=O) groups excluding carboxylic acids is 2. The maximum Gasteiger partial charge on any atom is 0.254 e. The fourth-order valence-electron chi connectivity index (χ4n) is 4.92. The lowest BCUT2D eigenvalue weighted by Gasteiger charge is -2.29. The Kier molecular flexibility index (Phi) is 11.6. The molecule has 0 N–H and O–H groups in total. The van der Waals surface area contributed by atoms with Crippen LogP contribution in [0.25, 0.3) is 11.1 Å². The molecule has 0 aliphatic heterocycles. The lowest BCUT2D eigenvalue weighted by molar-refractivity contribution is -0.132. The van der Waals surface area contributed by atoms with Gasteiger partial charge in [-0.25, -0.2) is 0 Å². The molecule has 0 fully saturated rings. The molecule has 0 radical (unpaired) electrons. The third-order valence-corrected chi connectivity index (χ3v) is 8.03. The van der Waals surface area contributed by atoms with Crippen LogP contribution in [-0.2, 0) is 17.9 Å². The van der Waals surface area contributed by atoms with Crippen LogP contribution in [0.15, 0.2) is 102 Å². The SMILES string of the molecule is CCCCN(Cc1cccn1Cc1ccc(Br)cc1)C(=O)CN(CCC(C)C)C(=O)c1ccc(-c2ccccc2)cc1. The van der Waals surface area contributed by atoms with Crippen LogP contribution in [0.5, 0.6) is 0 Å². The second-order valence-electron chi connectivity index (χ2n) is 11.3. The summed E-state index contributed by atoms with van der Waals surface area (Å²) in [4.78, 5) is 31.2. The second kappa shape index (κ2) is 15.5. The van der Waals surface area contributed by atoms with Crippen molar-refractivity contribution >= 4 is 27.7 Å². The van der Waals surface area contributed by atoms with Gasteiger partial charge in [-0.05, 0) is 71.8 Å². The average molecular weight is 629 g/mol. The Labute approximate surface area is 259 Å². The van der Waals surface area contributed by atoms with Gasteiger partial charge < -0.3 is 14.4 Å². The zero-order valence-electron chi connectivity index (χ0n) is 25.0. The third-order valence-electron chi connectivity index (χ3n) is 7.51. The predicted molar refractivity (Wildman–Crippen MR) is 175 cm³/mol. The Morgan fingerprint density at radius 1 is 0.810 bits per heavy atom. The minimum absolute atomic E-state index is 0.0159. The van der Waals surface area contributed by atoms with Gasteiger partial charge in [0.1, 0.15) is 6.54 Å². The van der Waals surface area contributed by atoms with Crippen molar-refractivity contribution in [1.29, 1.82) is 0 Å². The lowest BCUT2D eigenvalue weighted by Crippen LogP contribution is -2.44. The standard InChI is InChI=1S/C36H42BrN3O2/c1-4-5-22-39(26-34-12-9-23-38(34)25-29-13-19-33(37)20-14-29)35(41)27-40(24-21-28(2)3)36(42)32-17-15-31(16-18-32)30-10-7-6-8-11-30/h6-20,23,28H,4-5,21-22,24-27H2,1-3H3. The third kappa shape index (κ3) is 8.93. The highest BCUT2D eigenvalue weighted by Crippen LogP contribution is 2.21. The summed E-state index contributed by atoms with van der Waals surface area (Å²) in [6.45, 7) is 8.96. The van der Waals surface area contributed by atoms with Crippen molar-refractivity contribution in [3.8, 4) is 11.1 Å². The Hall–Kier alpha value is -3.64. The maximum absolute atomic E-state index is 13.8. The molecule has 0 saturated heterocycles. The quantitative estimate of drug-likeness (QED) is 0.141. The first-order chi connectivity index (χ1) is 20.3. The van der Waals surface area contributed by atoms with Crippen LogP contribution in [0.1, 0.15) is 61.6 Å². The van der Waals surface area contributed by atoms with E-state index >= 15 is 0 Å². The molecular formula is C36H42BrN3O2. The van der Waals surface area contributed by atoms with E-state index in [-0.39, 0.29) is 18.4 Å². The summed E-state index contributed by atoms with van der Waals surface area (Å²) in [5, 5.41) is 0. The summed E-state index contributed by atoms with van der Waals surface area (Å²) >= 11 is 3.51. The molecule has 0 aliphatic carbocycles. The number of rotatable bonds is 14. The summed E-state index contributed by atoms with van der Waals surface area (Å²) < 4.78 is 3.25. The highest BCUT2D eigenvalue weighted by molar-refractivity contribution is 9.10. The lowest BCUT2D eigenvalue weighted by atomic mass is 10.0. The highest BCUT2D eigenvalue weighted by atomic mass is 79.9. The fraction of sp³-hybridized carbons (Fsp3) is 0.333. The van der Waals surface area contributed by atoms with Gasteiger partial charge in [-0.15, -0.1) is 0 Å². The normalized spacial score (nSPS) is 11.1. The number of carbonyl (C=O) groups is 2. The molecule has 4 aromatic rings. The molecule has 2 amide bonds. The first kappa shape index (κ1) is 31.3. The Bertz CT molecular complexity index is 1410. The molecule has 0 spiro atoms. The van der Waals surface area contributed by atoms with Crippen LogP contribution < -0.4 is 0 Å². The Morgan fingerprint density at radius 3 is 2.17 bits per heavy atom. The van der Waals surface area contributed by atoms with Crippen molar-refractivity contribution in [2.75, 3.05) is 19.6 Å². The summed E-state index contributed by atoms with van der Waals surface area (Å²) in [6, 6.07) is 30.3. The Balaban J connectivity index is 1.49. The van der Waals surface area contributed by atoms with Gasteiger partial charge in [0.2, 0.25) is 5.91 Å². The van der Waals surface area contributed by atoms with Gasteiger partial charge >= 0.3 is 0 Å². The van der Waals surface area contributed by atoms with Crippen molar-refractivity contribution in [1.82, 2.24) is 14.4 Å². The van der Waals surface area contributed by atoms with Crippen molar-refractivity contribution in [3.05, 3.63) is 118 Å². The van der Waals surface area contributed by atoms with Crippen LogP contribution in [0, 0.1) is 5.92 Å². The molecule has 4 rings (SSSR count). The van der Waals surface area contributed by atoms with E-state index < -0.39 is 0 Å². The van der Waals surface area contributed by atoms with E-state index in [0.717, 1.165) is 47.1 Å². The van der Waals surface area contributed by atoms with E-state index in [9.17, 15) is 9.59 Å². The second-order valence-corrected chi connectivity index (χ2v) is 12.2. The molecule has 0 saturated carbocycles. The monoisotopic (exact) mass is 627 g/mol. The molecule has 42 heavy (non-hydrogen) atoms. The van der Waals surface area contributed by atoms with E-state index in [4.69, 9.17) is 0 Å². The van der Waals surface area contributed by atoms with Crippen molar-refractivity contribution in [2.45, 2.75) is 53.1 Å². The van der Waals surface area contributed by atoms with Crippen LogP contribution >= 0.6 is 15.9 Å². The summed E-state index contributed by atoms with van der Waals surface area (Å²) in [5.41, 5.74) is 5.06. The van der Waals surface area contributed by atoms with E-state index in [1.807, 2.05) is 65.6 Å². The fourth-order valence-corrected chi connectivity index (χ4v) is 5.18. The summed E-state index contributed by atoms with van der Waals surface area (Å²) in [5.74, 6) is 0.310. The van der Waals surface area contributed by atoms with Crippen LogP contribution in [-0.4, -0.2) is 45.8 Å². The molecule has 1 heterocycles. The van der Waals surface area contributed by atoms with Crippen molar-refractivity contribution in [2.24, 2.45) is 5.92 Å². The van der Waals surface area contributed by atoms with Gasteiger partial charge in [0.05, 0.1) is 6.54 Å². The molecule has 0 unspecified atom stereocenters. The van der Waals surface area contributed by atoms with Gasteiger partial charge in [0.15, 0.2) is 0 Å². The van der Waals surface area contributed by atoms with E-state index in [0.29, 0.717) is 31.1 Å². The maximum atomic E-state index is 13.8. The van der Waals surface area contributed by atoms with Gasteiger partial charge in [0.25, 0.3) is 5.91 Å². The number of nitrogens with zero attached hydrogens (tertiary/aromatic N) is 3. The molecule has 0 aliphatic rings. The predicted octanol–water partition coefficient (Wildman–Crippen LogP) is 8.28. The molecule has 5 nitrogen and oxygen atoms in total. The molecular weight excluding hydrogens is 586 g/mol. The molecule has 1 aromatic heterocycles.